The molecular formula is C22H43N7O9. The summed E-state index contributed by atoms with van der Waals surface area (Å²) < 4.78 is 23.5. The Morgan fingerprint density at radius 1 is 1.00 bits per heavy atom. The second-order valence-electron chi connectivity index (χ2n) is 9.91. The zero-order valence-corrected chi connectivity index (χ0v) is 21.1. The van der Waals surface area contributed by atoms with Crippen molar-refractivity contribution in [2.24, 2.45) is 34.4 Å². The average molecular weight is 550 g/mol. The SMILES string of the molecule is NCC[C@H](O)C(=O)N[C@@H]1C[C@H](N)C(O[C@H]2OC(CN)C=CC2N)C(N)[C@H]1O[C@H]1OC(CO)[C@@H](O)[C@H](N)C1O. The fourth-order valence-corrected chi connectivity index (χ4v) is 4.83. The number of amides is 1. The Morgan fingerprint density at radius 3 is 2.32 bits per heavy atom. The number of carbonyl (C=O) groups is 1. The van der Waals surface area contributed by atoms with Crippen molar-refractivity contribution in [3.8, 4) is 0 Å². The Morgan fingerprint density at radius 2 is 1.68 bits per heavy atom. The van der Waals surface area contributed by atoms with Gasteiger partial charge in [-0.25, -0.2) is 0 Å². The highest BCUT2D eigenvalue weighted by molar-refractivity contribution is 5.80. The van der Waals surface area contributed by atoms with Crippen LogP contribution in [0.25, 0.3) is 0 Å². The number of hydrogen-bond donors (Lipinski definition) is 11. The van der Waals surface area contributed by atoms with Gasteiger partial charge in [0.05, 0.1) is 49.1 Å². The van der Waals surface area contributed by atoms with Gasteiger partial charge in [0, 0.05) is 12.6 Å². The van der Waals surface area contributed by atoms with Crippen LogP contribution in [0.15, 0.2) is 12.2 Å². The quantitative estimate of drug-likeness (QED) is 0.113. The van der Waals surface area contributed by atoms with Crippen LogP contribution in [-0.2, 0) is 23.7 Å². The van der Waals surface area contributed by atoms with Crippen LogP contribution >= 0.6 is 0 Å². The smallest absolute Gasteiger partial charge is 0.249 e. The van der Waals surface area contributed by atoms with Gasteiger partial charge in [0.2, 0.25) is 5.91 Å². The van der Waals surface area contributed by atoms with E-state index in [0.717, 1.165) is 0 Å². The first-order chi connectivity index (χ1) is 18.0. The van der Waals surface area contributed by atoms with E-state index in [9.17, 15) is 25.2 Å². The van der Waals surface area contributed by atoms with Gasteiger partial charge in [-0.2, -0.15) is 0 Å². The minimum atomic E-state index is -1.50. The molecule has 2 fully saturated rings. The fourth-order valence-electron chi connectivity index (χ4n) is 4.83. The molecule has 1 aliphatic carbocycles. The molecule has 2 heterocycles. The van der Waals surface area contributed by atoms with Gasteiger partial charge in [-0.1, -0.05) is 12.2 Å². The van der Waals surface area contributed by atoms with E-state index in [1.54, 1.807) is 12.2 Å². The molecule has 2 aliphatic heterocycles. The number of nitrogens with one attached hydrogen (secondary N) is 1. The first kappa shape index (κ1) is 31.2. The van der Waals surface area contributed by atoms with Crippen molar-refractivity contribution in [1.82, 2.24) is 5.32 Å². The molecule has 1 saturated heterocycles. The monoisotopic (exact) mass is 549 g/mol. The van der Waals surface area contributed by atoms with E-state index in [1.807, 2.05) is 0 Å². The summed E-state index contributed by atoms with van der Waals surface area (Å²) in [5.74, 6) is -0.716. The first-order valence-corrected chi connectivity index (χ1v) is 12.7. The number of rotatable bonds is 10. The Labute approximate surface area is 220 Å². The maximum absolute atomic E-state index is 12.6. The number of aliphatic hydroxyl groups excluding tert-OH is 4. The topological polar surface area (TPSA) is 303 Å². The zero-order valence-electron chi connectivity index (χ0n) is 21.1. The Balaban J connectivity index is 1.83. The number of hydrogen-bond acceptors (Lipinski definition) is 15. The molecule has 0 radical (unpaired) electrons. The van der Waals surface area contributed by atoms with Crippen LogP contribution in [0.2, 0.25) is 0 Å². The highest BCUT2D eigenvalue weighted by Gasteiger charge is 2.50. The summed E-state index contributed by atoms with van der Waals surface area (Å²) in [7, 11) is 0. The van der Waals surface area contributed by atoms with Gasteiger partial charge in [-0.15, -0.1) is 0 Å². The van der Waals surface area contributed by atoms with Gasteiger partial charge in [-0.05, 0) is 19.4 Å². The van der Waals surface area contributed by atoms with E-state index < -0.39 is 98.0 Å². The number of carbonyl (C=O) groups excluding carboxylic acids is 1. The molecule has 1 amide bonds. The molecule has 17 N–H and O–H groups in total. The molecule has 0 spiro atoms. The number of ether oxygens (including phenoxy) is 4. The van der Waals surface area contributed by atoms with Crippen LogP contribution in [0.5, 0.6) is 0 Å². The maximum Gasteiger partial charge on any atom is 0.249 e. The molecule has 0 bridgehead atoms. The van der Waals surface area contributed by atoms with Crippen LogP contribution in [0.4, 0.5) is 0 Å². The van der Waals surface area contributed by atoms with Crippen molar-refractivity contribution in [2.45, 2.75) is 98.4 Å². The maximum atomic E-state index is 12.6. The third-order valence-corrected chi connectivity index (χ3v) is 7.10. The fraction of sp³-hybridized carbons (Fsp3) is 0.864. The molecule has 0 aromatic carbocycles. The summed E-state index contributed by atoms with van der Waals surface area (Å²) in [5, 5.41) is 43.1. The van der Waals surface area contributed by atoms with Crippen molar-refractivity contribution >= 4 is 5.91 Å². The average Bonchev–Trinajstić information content (AvgIpc) is 2.89. The van der Waals surface area contributed by atoms with E-state index in [4.69, 9.17) is 53.3 Å². The van der Waals surface area contributed by atoms with Crippen LogP contribution in [0.1, 0.15) is 12.8 Å². The van der Waals surface area contributed by atoms with Gasteiger partial charge < -0.3 is 79.1 Å². The Hall–Kier alpha value is -1.35. The molecule has 38 heavy (non-hydrogen) atoms. The predicted octanol–water partition coefficient (Wildman–Crippen LogP) is -6.66. The lowest BCUT2D eigenvalue weighted by molar-refractivity contribution is -0.300. The van der Waals surface area contributed by atoms with E-state index in [-0.39, 0.29) is 25.9 Å². The van der Waals surface area contributed by atoms with Gasteiger partial charge in [-0.3, -0.25) is 4.79 Å². The molecule has 1 saturated carbocycles. The molecule has 0 aromatic heterocycles. The third kappa shape index (κ3) is 7.04. The standard InChI is InChI=1S/C22H43N7O9/c23-4-3-12(31)20(34)29-11-5-10(26)18(37-21-9(25)2-1-8(6-24)35-21)15(28)19(11)38-22-17(33)14(27)16(32)13(7-30)36-22/h1-2,8-19,21-22,30-33H,3-7,23-28H2,(H,29,34)/t8?,9?,10-,11+,12-,13?,14-,15?,16+,17?,18?,19-,21+,22+/m0/s1. The third-order valence-electron chi connectivity index (χ3n) is 7.10. The van der Waals surface area contributed by atoms with Crippen molar-refractivity contribution in [3.63, 3.8) is 0 Å². The second-order valence-corrected chi connectivity index (χ2v) is 9.91. The van der Waals surface area contributed by atoms with Crippen molar-refractivity contribution in [2.75, 3.05) is 19.7 Å². The lowest BCUT2D eigenvalue weighted by Crippen LogP contribution is -2.71. The normalized spacial score (nSPS) is 44.5. The van der Waals surface area contributed by atoms with Gasteiger partial charge in [0.25, 0.3) is 0 Å². The Bertz CT molecular complexity index is 796. The summed E-state index contributed by atoms with van der Waals surface area (Å²) in [6.07, 6.45) is -6.58. The molecule has 14 atom stereocenters. The molecule has 6 unspecified atom stereocenters. The molecule has 3 rings (SSSR count). The number of aliphatic hydroxyl groups is 4. The summed E-state index contributed by atoms with van der Waals surface area (Å²) in [5.41, 5.74) is 36.1. The van der Waals surface area contributed by atoms with Crippen molar-refractivity contribution in [1.29, 1.82) is 0 Å². The van der Waals surface area contributed by atoms with E-state index in [1.165, 1.54) is 0 Å². The minimum absolute atomic E-state index is 0.0238. The van der Waals surface area contributed by atoms with Crippen LogP contribution in [0, 0.1) is 0 Å². The highest BCUT2D eigenvalue weighted by Crippen LogP contribution is 2.30. The summed E-state index contributed by atoms with van der Waals surface area (Å²) in [6.45, 7) is -0.308. The highest BCUT2D eigenvalue weighted by atomic mass is 16.7. The molecule has 220 valence electrons. The summed E-state index contributed by atoms with van der Waals surface area (Å²) >= 11 is 0. The first-order valence-electron chi connectivity index (χ1n) is 12.7. The molecular weight excluding hydrogens is 506 g/mol. The lowest BCUT2D eigenvalue weighted by Gasteiger charge is -2.48. The molecule has 16 heteroatoms. The predicted molar refractivity (Wildman–Crippen MR) is 132 cm³/mol. The lowest BCUT2D eigenvalue weighted by atomic mass is 9.82. The van der Waals surface area contributed by atoms with Gasteiger partial charge in [0.15, 0.2) is 12.6 Å². The van der Waals surface area contributed by atoms with E-state index in [2.05, 4.69) is 5.32 Å². The number of nitrogens with two attached hydrogens (primary N) is 6. The van der Waals surface area contributed by atoms with Gasteiger partial charge in [0.1, 0.15) is 24.4 Å². The van der Waals surface area contributed by atoms with Crippen molar-refractivity contribution < 1.29 is 44.2 Å². The zero-order chi connectivity index (χ0) is 28.1. The Kier molecular flexibility index (Phi) is 11.3. The van der Waals surface area contributed by atoms with Crippen LogP contribution in [-0.4, -0.2) is 132 Å². The van der Waals surface area contributed by atoms with Crippen molar-refractivity contribution in [3.05, 3.63) is 12.2 Å². The molecule has 0 aromatic rings. The molecule has 3 aliphatic rings. The second kappa shape index (κ2) is 13.8. The van der Waals surface area contributed by atoms with E-state index in [0.29, 0.717) is 0 Å². The largest absolute Gasteiger partial charge is 0.394 e. The summed E-state index contributed by atoms with van der Waals surface area (Å²) in [6, 6.07) is -4.45. The van der Waals surface area contributed by atoms with Crippen LogP contribution < -0.4 is 39.7 Å². The van der Waals surface area contributed by atoms with Crippen LogP contribution in [0.3, 0.4) is 0 Å². The van der Waals surface area contributed by atoms with E-state index >= 15 is 0 Å². The minimum Gasteiger partial charge on any atom is -0.394 e. The molecule has 16 nitrogen and oxygen atoms in total. The van der Waals surface area contributed by atoms with Gasteiger partial charge >= 0.3 is 0 Å². The summed E-state index contributed by atoms with van der Waals surface area (Å²) in [4.78, 5) is 12.6.